The first-order valence-electron chi connectivity index (χ1n) is 17.6. The number of hydrogen-bond acceptors (Lipinski definition) is 4. The van der Waals surface area contributed by atoms with Crippen molar-refractivity contribution in [2.24, 2.45) is 17.8 Å². The van der Waals surface area contributed by atoms with E-state index in [1.54, 1.807) is 0 Å². The average Bonchev–Trinajstić information content (AvgIpc) is 3.14. The molecule has 0 aliphatic heterocycles. The summed E-state index contributed by atoms with van der Waals surface area (Å²) < 4.78 is 0. The van der Waals surface area contributed by atoms with E-state index in [0.29, 0.717) is 23.0 Å². The first-order chi connectivity index (χ1) is 24.0. The third kappa shape index (κ3) is 6.18. The summed E-state index contributed by atoms with van der Waals surface area (Å²) in [7, 11) is 0. The molecule has 6 aromatic rings. The zero-order valence-corrected chi connectivity index (χ0v) is 28.2. The van der Waals surface area contributed by atoms with Gasteiger partial charge in [-0.3, -0.25) is 0 Å². The van der Waals surface area contributed by atoms with Crippen LogP contribution in [0.2, 0.25) is 0 Å². The highest BCUT2D eigenvalue weighted by Gasteiger charge is 2.45. The van der Waals surface area contributed by atoms with E-state index in [1.807, 2.05) is 48.5 Å². The third-order valence-corrected chi connectivity index (χ3v) is 10.7. The molecule has 4 atom stereocenters. The molecule has 2 aliphatic rings. The Morgan fingerprint density at radius 2 is 1.06 bits per heavy atom. The molecular formula is C45H40N4. The van der Waals surface area contributed by atoms with Gasteiger partial charge in [0, 0.05) is 16.7 Å². The SMILES string of the molecule is C[C@@H]1C[C@@H]2C[C@H](C)CC(c3ccc(-c4nc(-c5ccccc5)nc(-c5ccc(-c6ccccc6)cc5-c5ccc(C#N)cc5)n4)cc3)(C1)C2. The van der Waals surface area contributed by atoms with E-state index in [1.165, 1.54) is 37.7 Å². The van der Waals surface area contributed by atoms with Gasteiger partial charge in [-0.15, -0.1) is 0 Å². The van der Waals surface area contributed by atoms with Gasteiger partial charge in [0.15, 0.2) is 17.5 Å². The maximum atomic E-state index is 9.48. The van der Waals surface area contributed by atoms with Gasteiger partial charge in [0.05, 0.1) is 11.6 Å². The van der Waals surface area contributed by atoms with Gasteiger partial charge in [0.25, 0.3) is 0 Å². The molecule has 4 nitrogen and oxygen atoms in total. The molecule has 1 aromatic heterocycles. The lowest BCUT2D eigenvalue weighted by Crippen LogP contribution is -2.42. The van der Waals surface area contributed by atoms with Crippen molar-refractivity contribution >= 4 is 0 Å². The lowest BCUT2D eigenvalue weighted by Gasteiger charge is -2.50. The zero-order chi connectivity index (χ0) is 33.4. The van der Waals surface area contributed by atoms with Crippen LogP contribution in [0.25, 0.3) is 56.4 Å². The normalized spacial score (nSPS) is 21.5. The molecule has 0 N–H and O–H groups in total. The van der Waals surface area contributed by atoms with Crippen molar-refractivity contribution in [3.8, 4) is 62.5 Å². The molecule has 0 saturated heterocycles. The Labute approximate surface area is 289 Å². The molecule has 0 radical (unpaired) electrons. The Balaban J connectivity index is 1.25. The molecule has 5 aromatic carbocycles. The highest BCUT2D eigenvalue weighted by atomic mass is 15.0. The molecule has 1 heterocycles. The minimum Gasteiger partial charge on any atom is -0.208 e. The lowest BCUT2D eigenvalue weighted by atomic mass is 9.54. The van der Waals surface area contributed by atoms with E-state index < -0.39 is 0 Å². The van der Waals surface area contributed by atoms with Crippen molar-refractivity contribution in [3.63, 3.8) is 0 Å². The minimum absolute atomic E-state index is 0.272. The predicted molar refractivity (Wildman–Crippen MR) is 198 cm³/mol. The van der Waals surface area contributed by atoms with Gasteiger partial charge < -0.3 is 0 Å². The molecule has 2 saturated carbocycles. The number of fused-ring (bicyclic) bond motifs is 2. The summed E-state index contributed by atoms with van der Waals surface area (Å²) >= 11 is 0. The van der Waals surface area contributed by atoms with Gasteiger partial charge in [-0.05, 0) is 107 Å². The molecule has 2 aliphatic carbocycles. The van der Waals surface area contributed by atoms with E-state index in [9.17, 15) is 5.26 Å². The molecule has 4 heteroatoms. The summed E-state index contributed by atoms with van der Waals surface area (Å²) in [6, 6.07) is 46.2. The number of nitriles is 1. The molecule has 2 fully saturated rings. The number of aromatic nitrogens is 3. The fourth-order valence-electron chi connectivity index (χ4n) is 8.89. The largest absolute Gasteiger partial charge is 0.208 e. The molecule has 8 rings (SSSR count). The van der Waals surface area contributed by atoms with E-state index in [-0.39, 0.29) is 5.41 Å². The van der Waals surface area contributed by atoms with Crippen LogP contribution in [0.15, 0.2) is 127 Å². The quantitative estimate of drug-likeness (QED) is 0.182. The van der Waals surface area contributed by atoms with E-state index >= 15 is 0 Å². The van der Waals surface area contributed by atoms with Crippen molar-refractivity contribution in [1.29, 1.82) is 5.26 Å². The average molecular weight is 637 g/mol. The van der Waals surface area contributed by atoms with Crippen molar-refractivity contribution in [2.75, 3.05) is 0 Å². The van der Waals surface area contributed by atoms with Crippen molar-refractivity contribution in [2.45, 2.75) is 51.4 Å². The molecule has 49 heavy (non-hydrogen) atoms. The Morgan fingerprint density at radius 3 is 1.67 bits per heavy atom. The molecule has 2 bridgehead atoms. The van der Waals surface area contributed by atoms with Crippen LogP contribution in [0.1, 0.15) is 57.1 Å². The Kier molecular flexibility index (Phi) is 8.14. The second kappa shape index (κ2) is 12.9. The predicted octanol–water partition coefficient (Wildman–Crippen LogP) is 11.2. The van der Waals surface area contributed by atoms with Crippen LogP contribution in [0.4, 0.5) is 0 Å². The maximum Gasteiger partial charge on any atom is 0.164 e. The topological polar surface area (TPSA) is 62.5 Å². The number of hydrogen-bond donors (Lipinski definition) is 0. The summed E-state index contributed by atoms with van der Waals surface area (Å²) in [5.74, 6) is 4.30. The van der Waals surface area contributed by atoms with Gasteiger partial charge in [-0.1, -0.05) is 117 Å². The molecule has 1 unspecified atom stereocenters. The molecule has 0 amide bonds. The van der Waals surface area contributed by atoms with Crippen LogP contribution in [-0.4, -0.2) is 15.0 Å². The summed E-state index contributed by atoms with van der Waals surface area (Å²) in [6.45, 7) is 4.89. The number of nitrogens with zero attached hydrogens (tertiary/aromatic N) is 4. The molecular weight excluding hydrogens is 597 g/mol. The van der Waals surface area contributed by atoms with Gasteiger partial charge in [0.1, 0.15) is 0 Å². The first kappa shape index (κ1) is 30.9. The van der Waals surface area contributed by atoms with Crippen LogP contribution in [0.3, 0.4) is 0 Å². The second-order valence-corrected chi connectivity index (χ2v) is 14.5. The van der Waals surface area contributed by atoms with Crippen LogP contribution >= 0.6 is 0 Å². The van der Waals surface area contributed by atoms with Gasteiger partial charge in [-0.2, -0.15) is 5.26 Å². The highest BCUT2D eigenvalue weighted by Crippen LogP contribution is 2.54. The van der Waals surface area contributed by atoms with E-state index in [0.717, 1.165) is 56.7 Å². The van der Waals surface area contributed by atoms with Gasteiger partial charge in [0.2, 0.25) is 0 Å². The Morgan fingerprint density at radius 1 is 0.531 bits per heavy atom. The van der Waals surface area contributed by atoms with Crippen LogP contribution in [0.5, 0.6) is 0 Å². The monoisotopic (exact) mass is 636 g/mol. The fourth-order valence-corrected chi connectivity index (χ4v) is 8.89. The molecule has 0 spiro atoms. The van der Waals surface area contributed by atoms with E-state index in [4.69, 9.17) is 15.0 Å². The van der Waals surface area contributed by atoms with Crippen molar-refractivity contribution in [3.05, 3.63) is 139 Å². The third-order valence-electron chi connectivity index (χ3n) is 10.7. The van der Waals surface area contributed by atoms with Gasteiger partial charge >= 0.3 is 0 Å². The summed E-state index contributed by atoms with van der Waals surface area (Å²) in [6.07, 6.45) is 6.61. The second-order valence-electron chi connectivity index (χ2n) is 14.5. The zero-order valence-electron chi connectivity index (χ0n) is 28.2. The maximum absolute atomic E-state index is 9.48. The van der Waals surface area contributed by atoms with Crippen molar-refractivity contribution in [1.82, 2.24) is 15.0 Å². The minimum atomic E-state index is 0.272. The lowest BCUT2D eigenvalue weighted by molar-refractivity contribution is 0.0780. The van der Waals surface area contributed by atoms with Gasteiger partial charge in [-0.25, -0.2) is 15.0 Å². The first-order valence-corrected chi connectivity index (χ1v) is 17.6. The number of rotatable bonds is 6. The van der Waals surface area contributed by atoms with Crippen molar-refractivity contribution < 1.29 is 0 Å². The highest BCUT2D eigenvalue weighted by molar-refractivity contribution is 5.86. The van der Waals surface area contributed by atoms with Crippen LogP contribution in [0, 0.1) is 29.1 Å². The Bertz CT molecular complexity index is 2110. The summed E-state index contributed by atoms with van der Waals surface area (Å²) in [5, 5.41) is 9.48. The van der Waals surface area contributed by atoms with E-state index in [2.05, 4.69) is 98.8 Å². The van der Waals surface area contributed by atoms with Crippen LogP contribution in [-0.2, 0) is 5.41 Å². The van der Waals surface area contributed by atoms with Crippen LogP contribution < -0.4 is 0 Å². The fraction of sp³-hybridized carbons (Fsp3) is 0.244. The molecule has 240 valence electrons. The summed E-state index contributed by atoms with van der Waals surface area (Å²) in [5.41, 5.74) is 9.47. The standard InChI is InChI=1S/C45H40N4/c1-30-23-33-24-31(2)27-45(26-30,28-33)39-20-17-37(18-21-39)43-47-42(36-11-7-4-8-12-36)48-44(49-43)40-22-19-38(34-9-5-3-6-10-34)25-41(40)35-15-13-32(29-46)14-16-35/h3-22,25,30-31,33H,23-24,26-28H2,1-2H3/t30-,31+,33-,45?. The summed E-state index contributed by atoms with van der Waals surface area (Å²) in [4.78, 5) is 15.3. The smallest absolute Gasteiger partial charge is 0.164 e. The Hall–Kier alpha value is -5.40. The number of benzene rings is 5.